The molecular formula is C16H15BrClNO. The Morgan fingerprint density at radius 1 is 1.20 bits per heavy atom. The molecule has 0 atom stereocenters. The maximum Gasteiger partial charge on any atom is 0.224 e. The van der Waals surface area contributed by atoms with Crippen molar-refractivity contribution in [3.63, 3.8) is 0 Å². The predicted molar refractivity (Wildman–Crippen MR) is 87.3 cm³/mol. The summed E-state index contributed by atoms with van der Waals surface area (Å²) in [6.07, 6.45) is 1.17. The first kappa shape index (κ1) is 15.1. The van der Waals surface area contributed by atoms with E-state index in [4.69, 9.17) is 11.6 Å². The first-order chi connectivity index (χ1) is 9.54. The van der Waals surface area contributed by atoms with Crippen LogP contribution in [0.3, 0.4) is 0 Å². The monoisotopic (exact) mass is 351 g/mol. The van der Waals surface area contributed by atoms with Crippen LogP contribution in [0.2, 0.25) is 5.02 Å². The SMILES string of the molecule is Cc1ccc(CCC(=O)Nc2cc(Cl)ccc2Br)cc1. The molecule has 0 aliphatic heterocycles. The van der Waals surface area contributed by atoms with E-state index in [9.17, 15) is 4.79 Å². The molecule has 2 aromatic rings. The van der Waals surface area contributed by atoms with E-state index < -0.39 is 0 Å². The van der Waals surface area contributed by atoms with Crippen molar-refractivity contribution >= 4 is 39.1 Å². The minimum atomic E-state index is -0.0199. The largest absolute Gasteiger partial charge is 0.325 e. The van der Waals surface area contributed by atoms with Crippen molar-refractivity contribution in [2.24, 2.45) is 0 Å². The highest BCUT2D eigenvalue weighted by Crippen LogP contribution is 2.26. The van der Waals surface area contributed by atoms with Gasteiger partial charge in [-0.2, -0.15) is 0 Å². The molecule has 4 heteroatoms. The minimum absolute atomic E-state index is 0.0199. The molecule has 20 heavy (non-hydrogen) atoms. The third-order valence-electron chi connectivity index (χ3n) is 2.96. The molecule has 0 aliphatic rings. The highest BCUT2D eigenvalue weighted by Gasteiger charge is 2.06. The Labute approximate surface area is 132 Å². The van der Waals surface area contributed by atoms with Crippen LogP contribution in [-0.4, -0.2) is 5.91 Å². The fraction of sp³-hybridized carbons (Fsp3) is 0.188. The zero-order valence-electron chi connectivity index (χ0n) is 11.1. The van der Waals surface area contributed by atoms with Crippen LogP contribution >= 0.6 is 27.5 Å². The summed E-state index contributed by atoms with van der Waals surface area (Å²) in [4.78, 5) is 11.9. The van der Waals surface area contributed by atoms with Gasteiger partial charge in [-0.25, -0.2) is 0 Å². The molecule has 0 spiro atoms. The second-order valence-electron chi connectivity index (χ2n) is 4.66. The number of nitrogens with one attached hydrogen (secondary N) is 1. The van der Waals surface area contributed by atoms with Crippen molar-refractivity contribution in [2.75, 3.05) is 5.32 Å². The second-order valence-corrected chi connectivity index (χ2v) is 5.95. The van der Waals surface area contributed by atoms with Gasteiger partial charge in [0.2, 0.25) is 5.91 Å². The average molecular weight is 353 g/mol. The summed E-state index contributed by atoms with van der Waals surface area (Å²) in [6, 6.07) is 13.5. The molecule has 0 saturated carbocycles. The lowest BCUT2D eigenvalue weighted by atomic mass is 10.1. The van der Waals surface area contributed by atoms with Gasteiger partial charge in [0.05, 0.1) is 5.69 Å². The van der Waals surface area contributed by atoms with Gasteiger partial charge in [-0.3, -0.25) is 4.79 Å². The number of hydrogen-bond donors (Lipinski definition) is 1. The van der Waals surface area contributed by atoms with Gasteiger partial charge in [-0.1, -0.05) is 41.4 Å². The number of hydrogen-bond acceptors (Lipinski definition) is 1. The predicted octanol–water partition coefficient (Wildman–Crippen LogP) is 4.98. The molecule has 0 heterocycles. The maximum atomic E-state index is 11.9. The highest BCUT2D eigenvalue weighted by atomic mass is 79.9. The fourth-order valence-corrected chi connectivity index (χ4v) is 2.34. The molecule has 1 amide bonds. The molecule has 104 valence electrons. The third kappa shape index (κ3) is 4.36. The van der Waals surface area contributed by atoms with E-state index in [2.05, 4.69) is 45.5 Å². The molecule has 0 radical (unpaired) electrons. The van der Waals surface area contributed by atoms with E-state index in [0.717, 1.165) is 16.5 Å². The molecule has 0 saturated heterocycles. The minimum Gasteiger partial charge on any atom is -0.325 e. The quantitative estimate of drug-likeness (QED) is 0.826. The number of halogens is 2. The summed E-state index contributed by atoms with van der Waals surface area (Å²) >= 11 is 9.31. The number of amides is 1. The Hall–Kier alpha value is -1.32. The molecule has 0 aliphatic carbocycles. The molecule has 2 nitrogen and oxygen atoms in total. The summed E-state index contributed by atoms with van der Waals surface area (Å²) in [6.45, 7) is 2.05. The number of carbonyl (C=O) groups is 1. The van der Waals surface area contributed by atoms with Gasteiger partial charge >= 0.3 is 0 Å². The van der Waals surface area contributed by atoms with E-state index in [-0.39, 0.29) is 5.91 Å². The standard InChI is InChI=1S/C16H15BrClNO/c1-11-2-4-12(5-3-11)6-9-16(20)19-15-10-13(18)7-8-14(15)17/h2-5,7-8,10H,6,9H2,1H3,(H,19,20). The topological polar surface area (TPSA) is 29.1 Å². The summed E-state index contributed by atoms with van der Waals surface area (Å²) in [5.41, 5.74) is 3.09. The van der Waals surface area contributed by atoms with Gasteiger partial charge < -0.3 is 5.32 Å². The Kier molecular flexibility index (Phi) is 5.21. The number of carbonyl (C=O) groups excluding carboxylic acids is 1. The van der Waals surface area contributed by atoms with Crippen molar-refractivity contribution < 1.29 is 4.79 Å². The lowest BCUT2D eigenvalue weighted by molar-refractivity contribution is -0.116. The summed E-state index contributed by atoms with van der Waals surface area (Å²) < 4.78 is 0.825. The Bertz CT molecular complexity index is 610. The molecular weight excluding hydrogens is 338 g/mol. The van der Waals surface area contributed by atoms with Crippen LogP contribution in [0.1, 0.15) is 17.5 Å². The summed E-state index contributed by atoms with van der Waals surface area (Å²) in [5, 5.41) is 3.46. The zero-order chi connectivity index (χ0) is 14.5. The second kappa shape index (κ2) is 6.91. The van der Waals surface area contributed by atoms with Crippen LogP contribution in [0.25, 0.3) is 0 Å². The van der Waals surface area contributed by atoms with E-state index >= 15 is 0 Å². The van der Waals surface area contributed by atoms with Gasteiger partial charge in [0, 0.05) is 15.9 Å². The van der Waals surface area contributed by atoms with E-state index in [0.29, 0.717) is 17.1 Å². The van der Waals surface area contributed by atoms with E-state index in [1.807, 2.05) is 13.0 Å². The molecule has 2 aromatic carbocycles. The van der Waals surface area contributed by atoms with Gasteiger partial charge in [0.25, 0.3) is 0 Å². The van der Waals surface area contributed by atoms with Crippen molar-refractivity contribution in [3.05, 3.63) is 63.1 Å². The van der Waals surface area contributed by atoms with Crippen molar-refractivity contribution in [3.8, 4) is 0 Å². The van der Waals surface area contributed by atoms with Gasteiger partial charge in [0.1, 0.15) is 0 Å². The number of anilines is 1. The van der Waals surface area contributed by atoms with Gasteiger partial charge in [-0.15, -0.1) is 0 Å². The molecule has 0 unspecified atom stereocenters. The van der Waals surface area contributed by atoms with E-state index in [1.54, 1.807) is 12.1 Å². The fourth-order valence-electron chi connectivity index (χ4n) is 1.82. The Morgan fingerprint density at radius 3 is 2.60 bits per heavy atom. The van der Waals surface area contributed by atoms with Crippen LogP contribution in [0.4, 0.5) is 5.69 Å². The molecule has 1 N–H and O–H groups in total. The number of benzene rings is 2. The normalized spacial score (nSPS) is 10.3. The molecule has 2 rings (SSSR count). The first-order valence-electron chi connectivity index (χ1n) is 6.35. The van der Waals surface area contributed by atoms with Crippen LogP contribution in [-0.2, 0) is 11.2 Å². The van der Waals surface area contributed by atoms with E-state index in [1.165, 1.54) is 5.56 Å². The average Bonchev–Trinajstić information content (AvgIpc) is 2.42. The van der Waals surface area contributed by atoms with Crippen molar-refractivity contribution in [1.82, 2.24) is 0 Å². The van der Waals surface area contributed by atoms with Crippen molar-refractivity contribution in [2.45, 2.75) is 19.8 Å². The third-order valence-corrected chi connectivity index (χ3v) is 3.89. The number of rotatable bonds is 4. The van der Waals surface area contributed by atoms with Crippen molar-refractivity contribution in [1.29, 1.82) is 0 Å². The smallest absolute Gasteiger partial charge is 0.224 e. The zero-order valence-corrected chi connectivity index (χ0v) is 13.5. The first-order valence-corrected chi connectivity index (χ1v) is 7.52. The van der Waals surface area contributed by atoms with Gasteiger partial charge in [0.15, 0.2) is 0 Å². The lowest BCUT2D eigenvalue weighted by Crippen LogP contribution is -2.12. The summed E-state index contributed by atoms with van der Waals surface area (Å²) in [5.74, 6) is -0.0199. The van der Waals surface area contributed by atoms with Crippen LogP contribution < -0.4 is 5.32 Å². The van der Waals surface area contributed by atoms with Crippen LogP contribution in [0, 0.1) is 6.92 Å². The Morgan fingerprint density at radius 2 is 1.90 bits per heavy atom. The molecule has 0 bridgehead atoms. The lowest BCUT2D eigenvalue weighted by Gasteiger charge is -2.08. The summed E-state index contributed by atoms with van der Waals surface area (Å²) in [7, 11) is 0. The van der Waals surface area contributed by atoms with Gasteiger partial charge in [-0.05, 0) is 53.0 Å². The molecule has 0 aromatic heterocycles. The highest BCUT2D eigenvalue weighted by molar-refractivity contribution is 9.10. The Balaban J connectivity index is 1.92. The van der Waals surface area contributed by atoms with Crippen LogP contribution in [0.15, 0.2) is 46.9 Å². The maximum absolute atomic E-state index is 11.9. The molecule has 0 fully saturated rings. The number of aryl methyl sites for hydroxylation is 2. The van der Waals surface area contributed by atoms with Crippen LogP contribution in [0.5, 0.6) is 0 Å².